The molecule has 0 aliphatic rings. The number of hydrogen-bond acceptors (Lipinski definition) is 4. The number of aryl methyl sites for hydroxylation is 2. The molecule has 0 saturated carbocycles. The van der Waals surface area contributed by atoms with Crippen molar-refractivity contribution in [1.29, 1.82) is 0 Å². The monoisotopic (exact) mass is 411 g/mol. The Morgan fingerprint density at radius 1 is 1.30 bits per heavy atom. The van der Waals surface area contributed by atoms with Gasteiger partial charge in [-0.3, -0.25) is 4.99 Å². The van der Waals surface area contributed by atoms with Crippen molar-refractivity contribution in [3.05, 3.63) is 48.2 Å². The SMILES string of the molecule is CCNC(=NCCCCn1ccnc1C)NC(C)c1cc2cccc(OCC)c2o1. The molecule has 30 heavy (non-hydrogen) atoms. The number of aromatic nitrogens is 2. The molecule has 0 aliphatic heterocycles. The standard InChI is InChI=1S/C23H33N5O2/c1-5-24-23(26-12-7-8-14-28-15-13-25-18(28)4)27-17(3)21-16-19-10-9-11-20(29-6-2)22(19)30-21/h9-11,13,15-17H,5-8,12,14H2,1-4H3,(H2,24,26,27). The zero-order valence-corrected chi connectivity index (χ0v) is 18.4. The minimum atomic E-state index is -0.0155. The van der Waals surface area contributed by atoms with Gasteiger partial charge in [-0.1, -0.05) is 12.1 Å². The maximum Gasteiger partial charge on any atom is 0.191 e. The first-order valence-corrected chi connectivity index (χ1v) is 10.8. The minimum absolute atomic E-state index is 0.0155. The van der Waals surface area contributed by atoms with E-state index in [1.807, 2.05) is 44.4 Å². The van der Waals surface area contributed by atoms with E-state index in [2.05, 4.69) is 40.1 Å². The number of hydrogen-bond donors (Lipinski definition) is 2. The van der Waals surface area contributed by atoms with Gasteiger partial charge in [0.25, 0.3) is 0 Å². The van der Waals surface area contributed by atoms with Gasteiger partial charge in [-0.15, -0.1) is 0 Å². The van der Waals surface area contributed by atoms with E-state index >= 15 is 0 Å². The first kappa shape index (κ1) is 21.7. The predicted octanol–water partition coefficient (Wildman–Crippen LogP) is 4.43. The van der Waals surface area contributed by atoms with Crippen molar-refractivity contribution in [2.24, 2.45) is 4.99 Å². The fourth-order valence-corrected chi connectivity index (χ4v) is 3.36. The van der Waals surface area contributed by atoms with Gasteiger partial charge in [0.05, 0.1) is 12.6 Å². The molecule has 7 heteroatoms. The van der Waals surface area contributed by atoms with Crippen LogP contribution < -0.4 is 15.4 Å². The van der Waals surface area contributed by atoms with E-state index in [1.54, 1.807) is 0 Å². The van der Waals surface area contributed by atoms with Crippen LogP contribution >= 0.6 is 0 Å². The molecule has 0 bridgehead atoms. The third-order valence-corrected chi connectivity index (χ3v) is 4.95. The first-order valence-electron chi connectivity index (χ1n) is 10.8. The topological polar surface area (TPSA) is 76.6 Å². The van der Waals surface area contributed by atoms with Gasteiger partial charge in [0.1, 0.15) is 11.6 Å². The third kappa shape index (κ3) is 5.55. The van der Waals surface area contributed by atoms with Crippen LogP contribution in [0.15, 0.2) is 46.1 Å². The second kappa shape index (κ2) is 10.7. The Kier molecular flexibility index (Phi) is 7.76. The van der Waals surface area contributed by atoms with Crippen molar-refractivity contribution >= 4 is 16.9 Å². The summed E-state index contributed by atoms with van der Waals surface area (Å²) in [4.78, 5) is 8.98. The Hall–Kier alpha value is -2.96. The molecule has 7 nitrogen and oxygen atoms in total. The van der Waals surface area contributed by atoms with Crippen molar-refractivity contribution in [1.82, 2.24) is 20.2 Å². The van der Waals surface area contributed by atoms with Gasteiger partial charge < -0.3 is 24.4 Å². The van der Waals surface area contributed by atoms with Crippen LogP contribution in [0.25, 0.3) is 11.0 Å². The van der Waals surface area contributed by atoms with Crippen LogP contribution in [0.2, 0.25) is 0 Å². The van der Waals surface area contributed by atoms with Crippen molar-refractivity contribution in [2.75, 3.05) is 19.7 Å². The Morgan fingerprint density at radius 2 is 2.17 bits per heavy atom. The van der Waals surface area contributed by atoms with Crippen LogP contribution in [-0.4, -0.2) is 35.2 Å². The molecule has 0 aliphatic carbocycles. The molecule has 162 valence electrons. The number of para-hydroxylation sites is 1. The number of ether oxygens (including phenoxy) is 1. The highest BCUT2D eigenvalue weighted by molar-refractivity contribution is 5.84. The lowest BCUT2D eigenvalue weighted by Crippen LogP contribution is -2.38. The number of unbranched alkanes of at least 4 members (excludes halogenated alkanes) is 1. The van der Waals surface area contributed by atoms with Gasteiger partial charge in [0, 0.05) is 37.4 Å². The smallest absolute Gasteiger partial charge is 0.191 e. The second-order valence-electron chi connectivity index (χ2n) is 7.26. The van der Waals surface area contributed by atoms with Gasteiger partial charge in [-0.2, -0.15) is 0 Å². The molecular formula is C23H33N5O2. The van der Waals surface area contributed by atoms with Crippen LogP contribution in [0.5, 0.6) is 5.75 Å². The number of nitrogens with zero attached hydrogens (tertiary/aromatic N) is 3. The van der Waals surface area contributed by atoms with Crippen molar-refractivity contribution in [3.63, 3.8) is 0 Å². The maximum atomic E-state index is 6.11. The minimum Gasteiger partial charge on any atom is -0.490 e. The number of nitrogens with one attached hydrogen (secondary N) is 2. The van der Waals surface area contributed by atoms with Crippen molar-refractivity contribution in [3.8, 4) is 5.75 Å². The van der Waals surface area contributed by atoms with Crippen LogP contribution in [0, 0.1) is 6.92 Å². The molecule has 3 rings (SSSR count). The number of benzene rings is 1. The van der Waals surface area contributed by atoms with E-state index < -0.39 is 0 Å². The molecule has 1 aromatic carbocycles. The maximum absolute atomic E-state index is 6.11. The van der Waals surface area contributed by atoms with E-state index in [0.717, 1.165) is 66.7 Å². The molecule has 0 radical (unpaired) electrons. The molecule has 1 unspecified atom stereocenters. The van der Waals surface area contributed by atoms with Gasteiger partial charge in [0.2, 0.25) is 0 Å². The zero-order valence-electron chi connectivity index (χ0n) is 18.4. The largest absolute Gasteiger partial charge is 0.490 e. The van der Waals surface area contributed by atoms with E-state index in [-0.39, 0.29) is 6.04 Å². The normalized spacial score (nSPS) is 12.9. The van der Waals surface area contributed by atoms with E-state index in [4.69, 9.17) is 14.1 Å². The number of guanidine groups is 1. The summed E-state index contributed by atoms with van der Waals surface area (Å²) in [6.07, 6.45) is 5.96. The highest BCUT2D eigenvalue weighted by atomic mass is 16.5. The van der Waals surface area contributed by atoms with Crippen LogP contribution in [-0.2, 0) is 6.54 Å². The molecule has 0 amide bonds. The lowest BCUT2D eigenvalue weighted by molar-refractivity contribution is 0.336. The number of furan rings is 1. The van der Waals surface area contributed by atoms with Crippen LogP contribution in [0.1, 0.15) is 51.2 Å². The summed E-state index contributed by atoms with van der Waals surface area (Å²) in [5, 5.41) is 7.81. The Bertz CT molecular complexity index is 960. The van der Waals surface area contributed by atoms with Crippen LogP contribution in [0.3, 0.4) is 0 Å². The molecule has 2 heterocycles. The van der Waals surface area contributed by atoms with E-state index in [9.17, 15) is 0 Å². The lowest BCUT2D eigenvalue weighted by atomic mass is 10.2. The number of imidazole rings is 1. The first-order chi connectivity index (χ1) is 14.6. The van der Waals surface area contributed by atoms with Gasteiger partial charge in [-0.05, 0) is 52.7 Å². The highest BCUT2D eigenvalue weighted by Gasteiger charge is 2.15. The van der Waals surface area contributed by atoms with Gasteiger partial charge in [0.15, 0.2) is 17.3 Å². The Morgan fingerprint density at radius 3 is 2.90 bits per heavy atom. The molecular weight excluding hydrogens is 378 g/mol. The predicted molar refractivity (Wildman–Crippen MR) is 121 cm³/mol. The summed E-state index contributed by atoms with van der Waals surface area (Å²) >= 11 is 0. The number of aliphatic imine (C=N–C) groups is 1. The molecule has 0 saturated heterocycles. The van der Waals surface area contributed by atoms with Crippen LogP contribution in [0.4, 0.5) is 0 Å². The summed E-state index contributed by atoms with van der Waals surface area (Å²) in [6.45, 7) is 11.3. The Balaban J connectivity index is 1.58. The Labute approximate surface area is 178 Å². The lowest BCUT2D eigenvalue weighted by Gasteiger charge is -2.16. The third-order valence-electron chi connectivity index (χ3n) is 4.95. The fraction of sp³-hybridized carbons (Fsp3) is 0.478. The summed E-state index contributed by atoms with van der Waals surface area (Å²) in [5.74, 6) is 3.50. The summed E-state index contributed by atoms with van der Waals surface area (Å²) < 4.78 is 14.0. The average molecular weight is 412 g/mol. The molecule has 1 atom stereocenters. The average Bonchev–Trinajstić information content (AvgIpc) is 3.35. The number of rotatable bonds is 10. The van der Waals surface area contributed by atoms with Crippen molar-refractivity contribution < 1.29 is 9.15 Å². The molecule has 2 N–H and O–H groups in total. The fourth-order valence-electron chi connectivity index (χ4n) is 3.36. The number of fused-ring (bicyclic) bond motifs is 1. The quantitative estimate of drug-likeness (QED) is 0.293. The van der Waals surface area contributed by atoms with Crippen molar-refractivity contribution in [2.45, 2.75) is 53.1 Å². The van der Waals surface area contributed by atoms with E-state index in [1.165, 1.54) is 0 Å². The molecule has 0 spiro atoms. The van der Waals surface area contributed by atoms with Gasteiger partial charge in [-0.25, -0.2) is 4.98 Å². The molecule has 3 aromatic rings. The zero-order chi connectivity index (χ0) is 21.3. The second-order valence-corrected chi connectivity index (χ2v) is 7.26. The molecule has 0 fully saturated rings. The highest BCUT2D eigenvalue weighted by Crippen LogP contribution is 2.31. The summed E-state index contributed by atoms with van der Waals surface area (Å²) in [7, 11) is 0. The van der Waals surface area contributed by atoms with E-state index in [0.29, 0.717) is 6.61 Å². The van der Waals surface area contributed by atoms with Gasteiger partial charge >= 0.3 is 0 Å². The molecule has 2 aromatic heterocycles. The summed E-state index contributed by atoms with van der Waals surface area (Å²) in [6, 6.07) is 8.01. The summed E-state index contributed by atoms with van der Waals surface area (Å²) in [5.41, 5.74) is 0.791.